The molecule has 0 heterocycles. The summed E-state index contributed by atoms with van der Waals surface area (Å²) in [4.78, 5) is 7.42. The summed E-state index contributed by atoms with van der Waals surface area (Å²) in [5.41, 5.74) is 31.8. The van der Waals surface area contributed by atoms with E-state index >= 15 is 0 Å². The van der Waals surface area contributed by atoms with Crippen LogP contribution in [0.1, 0.15) is 114 Å². The van der Waals surface area contributed by atoms with Crippen molar-refractivity contribution in [3.05, 3.63) is 539 Å². The van der Waals surface area contributed by atoms with E-state index in [2.05, 4.69) is 523 Å². The molecule has 25 rings (SSSR count). The van der Waals surface area contributed by atoms with Gasteiger partial charge in [0.15, 0.2) is 0 Å². The van der Waals surface area contributed by atoms with Crippen LogP contribution in [0.15, 0.2) is 467 Å². The number of hydrogen-bond donors (Lipinski definition) is 0. The molecule has 0 saturated heterocycles. The Hall–Kier alpha value is -16.8. The normalized spacial score (nSPS) is 13.4. The third-order valence-corrected chi connectivity index (χ3v) is 30.2. The highest BCUT2D eigenvalue weighted by Gasteiger charge is 2.42. The molecule has 0 N–H and O–H groups in total. The van der Waals surface area contributed by atoms with E-state index in [-0.39, 0.29) is 16.2 Å². The zero-order valence-corrected chi connectivity index (χ0v) is 78.6. The minimum atomic E-state index is -0.849. The molecular formula is C133H101N3O3. The predicted octanol–water partition coefficient (Wildman–Crippen LogP) is 35.1. The summed E-state index contributed by atoms with van der Waals surface area (Å²) >= 11 is 0. The highest BCUT2D eigenvalue weighted by Crippen LogP contribution is 2.58. The molecule has 22 aromatic carbocycles. The van der Waals surface area contributed by atoms with Crippen molar-refractivity contribution in [1.29, 1.82) is 0 Å². The molecule has 22 aromatic rings. The summed E-state index contributed by atoms with van der Waals surface area (Å²) in [6.07, 6.45) is 0. The SMILES string of the molecule is CC1(C)c2ccccc2-c2ccc(N(c3ccc(COc4ccc(C(c5ccccc5)(c5ccc(OCc6ccc(N(c7ccc8c(c7)C(C)(C)c7ccccc7-8)c7c8ccccc8cc8ccccc78)cc6)cc5)c5ccc(OCc6ccc(N(c7ccc8c(c7)C(C)(C)c7ccccc7-8)c7c8ccccc8cc8ccccc78)cc6)cc5)cc4)cc3)c3c4ccccc4cc4ccccc34)cc21. The number of rotatable bonds is 22. The Kier molecular flexibility index (Phi) is 20.3. The maximum atomic E-state index is 6.91. The lowest BCUT2D eigenvalue weighted by molar-refractivity contribution is 0.306. The van der Waals surface area contributed by atoms with Crippen LogP contribution in [0.25, 0.3) is 98.0 Å². The molecule has 0 unspecified atom stereocenters. The lowest BCUT2D eigenvalue weighted by atomic mass is 9.65. The van der Waals surface area contributed by atoms with Gasteiger partial charge in [0.25, 0.3) is 0 Å². The number of benzene rings is 22. The molecule has 0 aromatic heterocycles. The first kappa shape index (κ1) is 84.0. The molecule has 666 valence electrons. The highest BCUT2D eigenvalue weighted by molar-refractivity contribution is 6.17. The van der Waals surface area contributed by atoms with E-state index < -0.39 is 5.41 Å². The Morgan fingerprint density at radius 1 is 0.187 bits per heavy atom. The summed E-state index contributed by atoms with van der Waals surface area (Å²) in [6.45, 7) is 15.3. The van der Waals surface area contributed by atoms with Gasteiger partial charge < -0.3 is 28.9 Å². The van der Waals surface area contributed by atoms with Crippen LogP contribution in [0.2, 0.25) is 0 Å². The topological polar surface area (TPSA) is 37.4 Å². The quantitative estimate of drug-likeness (QED) is 0.0497. The van der Waals surface area contributed by atoms with Gasteiger partial charge in [-0.25, -0.2) is 0 Å². The van der Waals surface area contributed by atoms with Crippen LogP contribution in [-0.4, -0.2) is 0 Å². The molecule has 0 amide bonds. The van der Waals surface area contributed by atoms with Crippen LogP contribution < -0.4 is 28.9 Å². The first-order valence-electron chi connectivity index (χ1n) is 48.5. The van der Waals surface area contributed by atoms with Gasteiger partial charge >= 0.3 is 0 Å². The maximum absolute atomic E-state index is 6.91. The molecule has 3 aliphatic rings. The summed E-state index contributed by atoms with van der Waals surface area (Å²) in [5, 5.41) is 14.3. The molecule has 0 saturated carbocycles. The number of nitrogens with zero attached hydrogens (tertiary/aromatic N) is 3. The van der Waals surface area contributed by atoms with Gasteiger partial charge in [-0.1, -0.05) is 381 Å². The molecule has 0 radical (unpaired) electrons. The predicted molar refractivity (Wildman–Crippen MR) is 579 cm³/mol. The fourth-order valence-electron chi connectivity index (χ4n) is 23.2. The van der Waals surface area contributed by atoms with Crippen LogP contribution in [-0.2, 0) is 41.5 Å². The fraction of sp³-hybridized carbons (Fsp3) is 0.0977. The van der Waals surface area contributed by atoms with Crippen molar-refractivity contribution in [2.45, 2.75) is 83.0 Å². The Morgan fingerprint density at radius 3 is 0.669 bits per heavy atom. The third-order valence-electron chi connectivity index (χ3n) is 30.2. The van der Waals surface area contributed by atoms with Crippen LogP contribution in [0.3, 0.4) is 0 Å². The smallest absolute Gasteiger partial charge is 0.119 e. The third kappa shape index (κ3) is 14.2. The summed E-state index contributed by atoms with van der Waals surface area (Å²) in [6, 6.07) is 172. The van der Waals surface area contributed by atoms with E-state index in [1.54, 1.807) is 0 Å². The van der Waals surface area contributed by atoms with E-state index in [1.165, 1.54) is 131 Å². The maximum Gasteiger partial charge on any atom is 0.119 e. The Morgan fingerprint density at radius 2 is 0.403 bits per heavy atom. The zero-order valence-electron chi connectivity index (χ0n) is 78.6. The van der Waals surface area contributed by atoms with Crippen LogP contribution in [0, 0.1) is 0 Å². The summed E-state index contributed by atoms with van der Waals surface area (Å²) in [5.74, 6) is 2.28. The second-order valence-corrected chi connectivity index (χ2v) is 39.3. The molecule has 3 aliphatic carbocycles. The lowest BCUT2D eigenvalue weighted by Crippen LogP contribution is -2.31. The molecule has 0 fully saturated rings. The molecular weight excluding hydrogens is 1690 g/mol. The van der Waals surface area contributed by atoms with Crippen molar-refractivity contribution in [2.24, 2.45) is 0 Å². The van der Waals surface area contributed by atoms with E-state index in [0.29, 0.717) is 19.8 Å². The van der Waals surface area contributed by atoms with Crippen molar-refractivity contribution >= 4 is 116 Å². The van der Waals surface area contributed by atoms with E-state index in [4.69, 9.17) is 14.2 Å². The fourth-order valence-corrected chi connectivity index (χ4v) is 23.2. The van der Waals surface area contributed by atoms with Crippen molar-refractivity contribution < 1.29 is 14.2 Å². The van der Waals surface area contributed by atoms with Gasteiger partial charge in [0.1, 0.15) is 37.1 Å². The van der Waals surface area contributed by atoms with Crippen LogP contribution >= 0.6 is 0 Å². The Balaban J connectivity index is 0.539. The zero-order chi connectivity index (χ0) is 93.2. The number of fused-ring (bicyclic) bond motifs is 15. The van der Waals surface area contributed by atoms with Gasteiger partial charge in [0, 0.05) is 82.7 Å². The summed E-state index contributed by atoms with van der Waals surface area (Å²) < 4.78 is 20.7. The molecule has 6 heteroatoms. The van der Waals surface area contributed by atoms with Gasteiger partial charge in [-0.15, -0.1) is 0 Å². The second-order valence-electron chi connectivity index (χ2n) is 39.3. The Bertz CT molecular complexity index is 7650. The second kappa shape index (κ2) is 33.6. The van der Waals surface area contributed by atoms with Gasteiger partial charge in [-0.2, -0.15) is 0 Å². The number of hydrogen-bond acceptors (Lipinski definition) is 6. The minimum absolute atomic E-state index is 0.186. The lowest BCUT2D eigenvalue weighted by Gasteiger charge is -2.37. The summed E-state index contributed by atoms with van der Waals surface area (Å²) in [7, 11) is 0. The molecule has 0 atom stereocenters. The van der Waals surface area contributed by atoms with E-state index in [9.17, 15) is 0 Å². The number of anilines is 9. The molecule has 139 heavy (non-hydrogen) atoms. The Labute approximate surface area is 812 Å². The van der Waals surface area contributed by atoms with Gasteiger partial charge in [-0.05, 0) is 265 Å². The van der Waals surface area contributed by atoms with E-state index in [0.717, 1.165) is 107 Å². The van der Waals surface area contributed by atoms with Crippen molar-refractivity contribution in [3.63, 3.8) is 0 Å². The average molecular weight is 1790 g/mol. The van der Waals surface area contributed by atoms with E-state index in [1.807, 2.05) is 0 Å². The standard InChI is InChI=1S/C133H101N3O3/c1-130(2)121-45-25-22-42-115(121)118-75-66-103(81-124(118)130)134(127-109-36-16-10-28-90(109)78-91-29-11-17-37-110(91)127)100-60-48-87(49-61-100)84-137-106-69-54-97(55-70-106)133(96-34-8-7-9-35-96,98-56-71-107(72-57-98)138-85-88-50-62-101(63-51-88)135(128-111-38-18-12-30-92(111)79-93-31-13-19-39-112(93)128)104-67-76-119-116-43-23-26-46-122(116)131(3,4)125(119)82-104)99-58-73-108(74-59-99)139-86-89-52-64-102(65-53-89)136(129-113-40-20-14-32-94(113)80-95-33-15-21-41-114(95)129)105-68-77-120-117-44-24-27-47-123(117)132(5,6)126(120)83-105/h7-83H,84-86H2,1-6H3. The monoisotopic (exact) mass is 1790 g/mol. The first-order valence-corrected chi connectivity index (χ1v) is 48.5. The van der Waals surface area contributed by atoms with Crippen molar-refractivity contribution in [2.75, 3.05) is 14.7 Å². The largest absolute Gasteiger partial charge is 0.489 e. The van der Waals surface area contributed by atoms with Crippen LogP contribution in [0.4, 0.5) is 51.2 Å². The van der Waals surface area contributed by atoms with Gasteiger partial charge in [0.2, 0.25) is 0 Å². The highest BCUT2D eigenvalue weighted by atomic mass is 16.5. The van der Waals surface area contributed by atoms with Gasteiger partial charge in [0.05, 0.1) is 22.5 Å². The number of ether oxygens (including phenoxy) is 3. The van der Waals surface area contributed by atoms with Crippen molar-refractivity contribution in [3.8, 4) is 50.6 Å². The molecule has 6 nitrogen and oxygen atoms in total. The van der Waals surface area contributed by atoms with Crippen molar-refractivity contribution in [1.82, 2.24) is 0 Å². The van der Waals surface area contributed by atoms with Gasteiger partial charge in [-0.3, -0.25) is 0 Å². The minimum Gasteiger partial charge on any atom is -0.489 e. The first-order chi connectivity index (χ1) is 68.1. The molecule has 0 bridgehead atoms. The van der Waals surface area contributed by atoms with Crippen LogP contribution in [0.5, 0.6) is 17.2 Å². The molecule has 0 aliphatic heterocycles. The molecule has 0 spiro atoms. The average Bonchev–Trinajstić information content (AvgIpc) is 1.32.